The third-order valence-corrected chi connectivity index (χ3v) is 7.49. The predicted octanol–water partition coefficient (Wildman–Crippen LogP) is 5.36. The van der Waals surface area contributed by atoms with E-state index in [2.05, 4.69) is 41.8 Å². The first-order chi connectivity index (χ1) is 16.6. The third kappa shape index (κ3) is 3.61. The molecule has 6 rings (SSSR count). The molecule has 2 aromatic carbocycles. The fraction of sp³-hybridized carbons (Fsp3) is 0.357. The van der Waals surface area contributed by atoms with Crippen molar-refractivity contribution in [3.05, 3.63) is 76.7 Å². The Morgan fingerprint density at radius 2 is 1.59 bits per heavy atom. The number of halogens is 1. The molecule has 174 valence electrons. The maximum atomic E-state index is 13.5. The Balaban J connectivity index is 1.37. The number of benzene rings is 2. The molecule has 1 saturated heterocycles. The Kier molecular flexibility index (Phi) is 5.24. The summed E-state index contributed by atoms with van der Waals surface area (Å²) in [5, 5.41) is 4.98. The molecule has 0 amide bonds. The van der Waals surface area contributed by atoms with E-state index in [9.17, 15) is 4.39 Å². The largest absolute Gasteiger partial charge is 0.368 e. The highest BCUT2D eigenvalue weighted by molar-refractivity contribution is 5.68. The van der Waals surface area contributed by atoms with Gasteiger partial charge >= 0.3 is 0 Å². The summed E-state index contributed by atoms with van der Waals surface area (Å²) in [6.45, 7) is 8.27. The summed E-state index contributed by atoms with van der Waals surface area (Å²) >= 11 is 0. The van der Waals surface area contributed by atoms with E-state index in [1.165, 1.54) is 58.9 Å². The van der Waals surface area contributed by atoms with Crippen LogP contribution in [0.3, 0.4) is 0 Å². The molecule has 3 heterocycles. The van der Waals surface area contributed by atoms with Gasteiger partial charge in [-0.2, -0.15) is 9.61 Å². The minimum atomic E-state index is -0.233. The number of hydrogen-bond acceptors (Lipinski definition) is 4. The normalized spacial score (nSPS) is 16.2. The lowest BCUT2D eigenvalue weighted by molar-refractivity contribution is 0.614. The summed E-state index contributed by atoms with van der Waals surface area (Å²) in [7, 11) is 0. The molecular formula is C28H30FN5. The molecule has 0 N–H and O–H groups in total. The van der Waals surface area contributed by atoms with Crippen molar-refractivity contribution in [2.75, 3.05) is 36.0 Å². The molecular weight excluding hydrogens is 425 g/mol. The molecule has 6 heteroatoms. The van der Waals surface area contributed by atoms with Crippen LogP contribution in [0, 0.1) is 19.7 Å². The van der Waals surface area contributed by atoms with Crippen LogP contribution < -0.4 is 9.80 Å². The monoisotopic (exact) mass is 455 g/mol. The van der Waals surface area contributed by atoms with E-state index >= 15 is 0 Å². The van der Waals surface area contributed by atoms with Crippen LogP contribution in [-0.2, 0) is 12.8 Å². The standard InChI is InChI=1S/C28H30FN5/c1-19-6-5-9-26(20(19)2)32-14-16-33(17-15-32)28-23-7-3-4-8-24(23)30-27-18-25(31-34(27)28)21-10-12-22(29)13-11-21/h5-6,9-13,18H,3-4,7-8,14-17H2,1-2H3. The zero-order chi connectivity index (χ0) is 23.2. The minimum absolute atomic E-state index is 0.233. The number of hydrogen-bond donors (Lipinski definition) is 0. The van der Waals surface area contributed by atoms with Crippen molar-refractivity contribution >= 4 is 17.2 Å². The van der Waals surface area contributed by atoms with Crippen LogP contribution in [0.4, 0.5) is 15.9 Å². The second kappa shape index (κ2) is 8.42. The van der Waals surface area contributed by atoms with Crippen molar-refractivity contribution in [3.63, 3.8) is 0 Å². The number of nitrogens with zero attached hydrogens (tertiary/aromatic N) is 5. The zero-order valence-corrected chi connectivity index (χ0v) is 19.9. The molecule has 0 spiro atoms. The summed E-state index contributed by atoms with van der Waals surface area (Å²) in [5.74, 6) is 0.970. The van der Waals surface area contributed by atoms with Crippen molar-refractivity contribution in [2.45, 2.75) is 39.5 Å². The molecule has 1 fully saturated rings. The van der Waals surface area contributed by atoms with Gasteiger partial charge in [0.15, 0.2) is 5.65 Å². The molecule has 0 saturated carbocycles. The molecule has 1 aliphatic carbocycles. The third-order valence-electron chi connectivity index (χ3n) is 7.49. The van der Waals surface area contributed by atoms with Gasteiger partial charge in [-0.05, 0) is 81.0 Å². The van der Waals surface area contributed by atoms with E-state index in [-0.39, 0.29) is 5.82 Å². The number of aryl methyl sites for hydroxylation is 2. The maximum absolute atomic E-state index is 13.5. The zero-order valence-electron chi connectivity index (χ0n) is 19.9. The average Bonchev–Trinajstić information content (AvgIpc) is 3.28. The molecule has 1 aliphatic heterocycles. The van der Waals surface area contributed by atoms with Gasteiger partial charge in [-0.1, -0.05) is 12.1 Å². The molecule has 0 bridgehead atoms. The average molecular weight is 456 g/mol. The summed E-state index contributed by atoms with van der Waals surface area (Å²) in [6.07, 6.45) is 4.46. The van der Waals surface area contributed by atoms with Gasteiger partial charge in [-0.25, -0.2) is 9.37 Å². The van der Waals surface area contributed by atoms with Gasteiger partial charge in [-0.15, -0.1) is 0 Å². The van der Waals surface area contributed by atoms with Crippen molar-refractivity contribution in [1.29, 1.82) is 0 Å². The smallest absolute Gasteiger partial charge is 0.158 e. The molecule has 0 atom stereocenters. The molecule has 34 heavy (non-hydrogen) atoms. The van der Waals surface area contributed by atoms with E-state index in [4.69, 9.17) is 10.1 Å². The number of fused-ring (bicyclic) bond motifs is 2. The van der Waals surface area contributed by atoms with Crippen LogP contribution in [0.25, 0.3) is 16.9 Å². The SMILES string of the molecule is Cc1cccc(N2CCN(c3c4c(nc5cc(-c6ccc(F)cc6)nn35)CCCC4)CC2)c1C. The molecule has 0 unspecified atom stereocenters. The number of anilines is 2. The lowest BCUT2D eigenvalue weighted by Gasteiger charge is -2.39. The van der Waals surface area contributed by atoms with Crippen molar-refractivity contribution in [3.8, 4) is 11.3 Å². The first kappa shape index (κ1) is 21.1. The molecule has 4 aromatic rings. The second-order valence-electron chi connectivity index (χ2n) is 9.57. The van der Waals surface area contributed by atoms with Gasteiger partial charge in [0.05, 0.1) is 5.69 Å². The van der Waals surface area contributed by atoms with E-state index in [1.807, 2.05) is 10.6 Å². The van der Waals surface area contributed by atoms with Gasteiger partial charge in [-0.3, -0.25) is 0 Å². The van der Waals surface area contributed by atoms with Gasteiger partial charge in [0.25, 0.3) is 0 Å². The van der Waals surface area contributed by atoms with Gasteiger partial charge < -0.3 is 9.80 Å². The maximum Gasteiger partial charge on any atom is 0.158 e. The van der Waals surface area contributed by atoms with Crippen LogP contribution in [0.5, 0.6) is 0 Å². The van der Waals surface area contributed by atoms with E-state index in [0.29, 0.717) is 0 Å². The summed E-state index contributed by atoms with van der Waals surface area (Å²) in [4.78, 5) is 10.0. The Labute approximate surface area is 199 Å². The Bertz CT molecular complexity index is 1350. The highest BCUT2D eigenvalue weighted by Gasteiger charge is 2.27. The summed E-state index contributed by atoms with van der Waals surface area (Å²) in [5.41, 5.74) is 9.26. The second-order valence-corrected chi connectivity index (χ2v) is 9.57. The van der Waals surface area contributed by atoms with E-state index in [1.54, 1.807) is 12.1 Å². The van der Waals surface area contributed by atoms with Crippen molar-refractivity contribution in [2.24, 2.45) is 0 Å². The number of piperazine rings is 1. The fourth-order valence-electron chi connectivity index (χ4n) is 5.45. The van der Waals surface area contributed by atoms with Crippen LogP contribution in [0.1, 0.15) is 35.2 Å². The van der Waals surface area contributed by atoms with Crippen LogP contribution in [-0.4, -0.2) is 40.8 Å². The van der Waals surface area contributed by atoms with Crippen molar-refractivity contribution in [1.82, 2.24) is 14.6 Å². The summed E-state index contributed by atoms with van der Waals surface area (Å²) in [6, 6.07) is 15.2. The lowest BCUT2D eigenvalue weighted by Crippen LogP contribution is -2.48. The minimum Gasteiger partial charge on any atom is -0.368 e. The topological polar surface area (TPSA) is 36.7 Å². The highest BCUT2D eigenvalue weighted by Crippen LogP contribution is 2.33. The van der Waals surface area contributed by atoms with Gasteiger partial charge in [0.1, 0.15) is 11.6 Å². The van der Waals surface area contributed by atoms with Crippen LogP contribution in [0.15, 0.2) is 48.5 Å². The Morgan fingerprint density at radius 1 is 0.853 bits per heavy atom. The number of rotatable bonds is 3. The summed E-state index contributed by atoms with van der Waals surface area (Å²) < 4.78 is 15.5. The highest BCUT2D eigenvalue weighted by atomic mass is 19.1. The molecule has 0 radical (unpaired) electrons. The molecule has 2 aromatic heterocycles. The lowest BCUT2D eigenvalue weighted by atomic mass is 9.96. The van der Waals surface area contributed by atoms with Crippen LogP contribution >= 0.6 is 0 Å². The van der Waals surface area contributed by atoms with E-state index < -0.39 is 0 Å². The Hall–Kier alpha value is -3.41. The van der Waals surface area contributed by atoms with Gasteiger partial charge in [0, 0.05) is 54.8 Å². The first-order valence-corrected chi connectivity index (χ1v) is 12.3. The van der Waals surface area contributed by atoms with Crippen LogP contribution in [0.2, 0.25) is 0 Å². The van der Waals surface area contributed by atoms with Crippen molar-refractivity contribution < 1.29 is 4.39 Å². The molecule has 5 nitrogen and oxygen atoms in total. The number of aromatic nitrogens is 3. The Morgan fingerprint density at radius 3 is 2.38 bits per heavy atom. The first-order valence-electron chi connectivity index (χ1n) is 12.3. The van der Waals surface area contributed by atoms with Gasteiger partial charge in [0.2, 0.25) is 0 Å². The fourth-order valence-corrected chi connectivity index (χ4v) is 5.45. The van der Waals surface area contributed by atoms with E-state index in [0.717, 1.165) is 55.9 Å². The molecule has 2 aliphatic rings. The quantitative estimate of drug-likeness (QED) is 0.417. The predicted molar refractivity (Wildman–Crippen MR) is 135 cm³/mol.